The second-order valence-electron chi connectivity index (χ2n) is 7.50. The summed E-state index contributed by atoms with van der Waals surface area (Å²) < 4.78 is 17.6. The predicted molar refractivity (Wildman–Crippen MR) is 117 cm³/mol. The van der Waals surface area contributed by atoms with Crippen LogP contribution in [0.5, 0.6) is 11.5 Å². The van der Waals surface area contributed by atoms with Gasteiger partial charge in [-0.15, -0.1) is 0 Å². The van der Waals surface area contributed by atoms with Crippen LogP contribution in [-0.4, -0.2) is 36.9 Å². The van der Waals surface area contributed by atoms with Gasteiger partial charge in [-0.3, -0.25) is 9.69 Å². The van der Waals surface area contributed by atoms with E-state index in [0.29, 0.717) is 17.4 Å². The van der Waals surface area contributed by atoms with Crippen molar-refractivity contribution >= 4 is 38.7 Å². The highest BCUT2D eigenvalue weighted by atomic mass is 32.1. The molecule has 1 atom stereocenters. The molecular weight excluding hydrogens is 400 g/mol. The quantitative estimate of drug-likeness (QED) is 0.564. The van der Waals surface area contributed by atoms with Crippen molar-refractivity contribution in [2.75, 3.05) is 24.8 Å². The summed E-state index contributed by atoms with van der Waals surface area (Å²) in [5.41, 5.74) is 2.97. The summed E-state index contributed by atoms with van der Waals surface area (Å²) in [6.07, 6.45) is 5.41. The van der Waals surface area contributed by atoms with E-state index < -0.39 is 0 Å². The number of thiazole rings is 1. The lowest BCUT2D eigenvalue weighted by Gasteiger charge is -2.21. The van der Waals surface area contributed by atoms with E-state index in [4.69, 9.17) is 19.2 Å². The van der Waals surface area contributed by atoms with E-state index in [2.05, 4.69) is 13.0 Å². The van der Waals surface area contributed by atoms with Gasteiger partial charge in [0.25, 0.3) is 5.91 Å². The summed E-state index contributed by atoms with van der Waals surface area (Å²) in [7, 11) is 0. The first-order valence-electron chi connectivity index (χ1n) is 10.0. The summed E-state index contributed by atoms with van der Waals surface area (Å²) in [5.74, 6) is 1.31. The highest BCUT2D eigenvalue weighted by Gasteiger charge is 2.25. The Morgan fingerprint density at radius 3 is 3.00 bits per heavy atom. The largest absolute Gasteiger partial charge is 0.454 e. The summed E-state index contributed by atoms with van der Waals surface area (Å²) in [4.78, 5) is 19.6. The molecule has 154 valence electrons. The molecule has 1 unspecified atom stereocenters. The molecule has 7 heteroatoms. The number of hydrogen-bond donors (Lipinski definition) is 0. The van der Waals surface area contributed by atoms with Crippen molar-refractivity contribution in [1.29, 1.82) is 0 Å². The molecule has 2 aliphatic rings. The van der Waals surface area contributed by atoms with Crippen molar-refractivity contribution < 1.29 is 19.0 Å². The summed E-state index contributed by atoms with van der Waals surface area (Å²) in [5, 5.41) is 0.700. The van der Waals surface area contributed by atoms with E-state index in [-0.39, 0.29) is 18.8 Å². The molecule has 2 aromatic carbocycles. The van der Waals surface area contributed by atoms with E-state index in [1.807, 2.05) is 30.3 Å². The molecule has 1 aromatic heterocycles. The van der Waals surface area contributed by atoms with Gasteiger partial charge in [0.15, 0.2) is 16.6 Å². The molecule has 0 spiro atoms. The normalized spacial score (nSPS) is 17.8. The number of aryl methyl sites for hydroxylation is 1. The minimum atomic E-state index is -0.112. The molecule has 3 aromatic rings. The lowest BCUT2D eigenvalue weighted by atomic mass is 10.2. The molecule has 1 saturated heterocycles. The second-order valence-corrected chi connectivity index (χ2v) is 8.51. The van der Waals surface area contributed by atoms with Gasteiger partial charge < -0.3 is 14.2 Å². The fourth-order valence-electron chi connectivity index (χ4n) is 3.66. The zero-order valence-corrected chi connectivity index (χ0v) is 17.5. The highest BCUT2D eigenvalue weighted by molar-refractivity contribution is 7.22. The molecule has 30 heavy (non-hydrogen) atoms. The molecule has 0 aliphatic carbocycles. The molecule has 6 nitrogen and oxygen atoms in total. The Labute approximate surface area is 178 Å². The predicted octanol–water partition coefficient (Wildman–Crippen LogP) is 4.56. The third-order valence-electron chi connectivity index (χ3n) is 5.25. The van der Waals surface area contributed by atoms with Crippen LogP contribution < -0.4 is 14.4 Å². The van der Waals surface area contributed by atoms with E-state index >= 15 is 0 Å². The number of benzene rings is 2. The van der Waals surface area contributed by atoms with Crippen LogP contribution in [0.3, 0.4) is 0 Å². The minimum Gasteiger partial charge on any atom is -0.454 e. The highest BCUT2D eigenvalue weighted by Crippen LogP contribution is 2.33. The Hall–Kier alpha value is -2.90. The smallest absolute Gasteiger partial charge is 0.252 e. The van der Waals surface area contributed by atoms with Crippen LogP contribution in [0.4, 0.5) is 5.13 Å². The Bertz CT molecular complexity index is 1120. The Kier molecular flexibility index (Phi) is 5.14. The zero-order chi connectivity index (χ0) is 20.5. The first-order chi connectivity index (χ1) is 14.7. The first-order valence-corrected chi connectivity index (χ1v) is 10.9. The van der Waals surface area contributed by atoms with Crippen LogP contribution >= 0.6 is 11.3 Å². The van der Waals surface area contributed by atoms with Gasteiger partial charge in [0.2, 0.25) is 6.79 Å². The average Bonchev–Trinajstić information content (AvgIpc) is 3.49. The second kappa shape index (κ2) is 8.08. The fraction of sp³-hybridized carbons (Fsp3) is 0.304. The van der Waals surface area contributed by atoms with Crippen LogP contribution in [0.25, 0.3) is 16.3 Å². The van der Waals surface area contributed by atoms with Crippen LogP contribution in [0, 0.1) is 6.92 Å². The van der Waals surface area contributed by atoms with Crippen molar-refractivity contribution in [3.05, 3.63) is 53.6 Å². The third-order valence-corrected chi connectivity index (χ3v) is 6.30. The van der Waals surface area contributed by atoms with Gasteiger partial charge in [-0.05, 0) is 61.2 Å². The zero-order valence-electron chi connectivity index (χ0n) is 16.7. The van der Waals surface area contributed by atoms with Crippen LogP contribution in [0.15, 0.2) is 42.5 Å². The number of aromatic nitrogens is 1. The van der Waals surface area contributed by atoms with Gasteiger partial charge in [-0.25, -0.2) is 4.98 Å². The van der Waals surface area contributed by atoms with Gasteiger partial charge in [-0.2, -0.15) is 0 Å². The molecule has 0 radical (unpaired) electrons. The maximum absolute atomic E-state index is 13.2. The van der Waals surface area contributed by atoms with Gasteiger partial charge in [-0.1, -0.05) is 23.5 Å². The molecule has 5 rings (SSSR count). The van der Waals surface area contributed by atoms with Crippen molar-refractivity contribution in [3.8, 4) is 11.5 Å². The van der Waals surface area contributed by atoms with E-state index in [1.54, 1.807) is 17.1 Å². The van der Waals surface area contributed by atoms with E-state index in [1.165, 1.54) is 16.9 Å². The molecule has 0 bridgehead atoms. The number of carbonyl (C=O) groups is 1. The average molecular weight is 423 g/mol. The molecule has 0 saturated carbocycles. The topological polar surface area (TPSA) is 60.9 Å². The number of rotatable bonds is 5. The monoisotopic (exact) mass is 422 g/mol. The number of anilines is 1. The van der Waals surface area contributed by atoms with E-state index in [0.717, 1.165) is 41.0 Å². The minimum absolute atomic E-state index is 0.0432. The summed E-state index contributed by atoms with van der Waals surface area (Å²) in [6.45, 7) is 3.54. The maximum Gasteiger partial charge on any atom is 0.252 e. The lowest BCUT2D eigenvalue weighted by molar-refractivity contribution is -0.114. The van der Waals surface area contributed by atoms with Crippen LogP contribution in [-0.2, 0) is 9.53 Å². The molecule has 3 heterocycles. The van der Waals surface area contributed by atoms with Crippen LogP contribution in [0.1, 0.15) is 24.0 Å². The fourth-order valence-corrected chi connectivity index (χ4v) is 4.74. The SMILES string of the molecule is Cc1ccc2nc(N(CC3CCCO3)C(=O)/C=C/c3ccc4c(c3)OCO4)sc2c1. The van der Waals surface area contributed by atoms with Crippen molar-refractivity contribution in [3.63, 3.8) is 0 Å². The molecule has 0 N–H and O–H groups in total. The van der Waals surface area contributed by atoms with Crippen molar-refractivity contribution in [1.82, 2.24) is 4.98 Å². The number of hydrogen-bond acceptors (Lipinski definition) is 6. The number of carbonyl (C=O) groups excluding carboxylic acids is 1. The summed E-state index contributed by atoms with van der Waals surface area (Å²) in [6, 6.07) is 11.8. The van der Waals surface area contributed by atoms with Crippen molar-refractivity contribution in [2.45, 2.75) is 25.9 Å². The number of ether oxygens (including phenoxy) is 3. The van der Waals surface area contributed by atoms with E-state index in [9.17, 15) is 4.79 Å². The Morgan fingerprint density at radius 2 is 2.13 bits per heavy atom. The maximum atomic E-state index is 13.2. The number of nitrogens with zero attached hydrogens (tertiary/aromatic N) is 2. The van der Waals surface area contributed by atoms with Crippen LogP contribution in [0.2, 0.25) is 0 Å². The number of fused-ring (bicyclic) bond motifs is 2. The van der Waals surface area contributed by atoms with Gasteiger partial charge in [0.05, 0.1) is 22.9 Å². The molecule has 2 aliphatic heterocycles. The third kappa shape index (κ3) is 3.91. The number of amides is 1. The molecular formula is C23H22N2O4S. The van der Waals surface area contributed by atoms with Crippen molar-refractivity contribution in [2.24, 2.45) is 0 Å². The molecule has 1 amide bonds. The van der Waals surface area contributed by atoms with Gasteiger partial charge in [0, 0.05) is 12.7 Å². The van der Waals surface area contributed by atoms with Gasteiger partial charge >= 0.3 is 0 Å². The molecule has 1 fully saturated rings. The summed E-state index contributed by atoms with van der Waals surface area (Å²) >= 11 is 1.54. The Morgan fingerprint density at radius 1 is 1.23 bits per heavy atom. The lowest BCUT2D eigenvalue weighted by Crippen LogP contribution is -2.36. The van der Waals surface area contributed by atoms with Gasteiger partial charge in [0.1, 0.15) is 0 Å². The first kappa shape index (κ1) is 19.1. The standard InChI is InChI=1S/C23H22N2O4S/c1-15-4-7-18-21(11-15)30-23(24-18)25(13-17-3-2-10-27-17)22(26)9-6-16-5-8-19-20(12-16)29-14-28-19/h4-9,11-12,17H,2-3,10,13-14H2,1H3/b9-6+. The Balaban J connectivity index is 1.42.